The molecule has 1 N–H and O–H groups in total. The number of anilines is 1. The quantitative estimate of drug-likeness (QED) is 0.620. The number of hydrogen-bond acceptors (Lipinski definition) is 3. The van der Waals surface area contributed by atoms with E-state index in [1.54, 1.807) is 11.3 Å². The number of carbonyl (C=O) groups excluding carboxylic acids is 1. The third-order valence-corrected chi connectivity index (χ3v) is 6.57. The van der Waals surface area contributed by atoms with Crippen LogP contribution in [0.3, 0.4) is 0 Å². The van der Waals surface area contributed by atoms with E-state index in [0.717, 1.165) is 18.0 Å². The molecule has 0 aliphatic heterocycles. The van der Waals surface area contributed by atoms with E-state index in [-0.39, 0.29) is 5.91 Å². The van der Waals surface area contributed by atoms with E-state index in [1.165, 1.54) is 41.5 Å². The lowest BCUT2D eigenvalue weighted by atomic mass is 10.2. The van der Waals surface area contributed by atoms with Crippen LogP contribution in [0.4, 0.5) is 5.69 Å². The third-order valence-electron chi connectivity index (χ3n) is 5.49. The Morgan fingerprint density at radius 3 is 2.70 bits per heavy atom. The molecule has 0 saturated heterocycles. The second kappa shape index (κ2) is 8.17. The molecule has 1 aliphatic rings. The molecule has 2 heterocycles. The normalized spacial score (nSPS) is 14.7. The highest BCUT2D eigenvalue weighted by atomic mass is 32.1. The number of benzene rings is 1. The van der Waals surface area contributed by atoms with E-state index in [2.05, 4.69) is 46.2 Å². The van der Waals surface area contributed by atoms with Gasteiger partial charge in [-0.15, -0.1) is 11.3 Å². The Hall–Kier alpha value is -2.27. The number of fused-ring (bicyclic) bond motifs is 1. The van der Waals surface area contributed by atoms with Crippen molar-refractivity contribution >= 4 is 33.0 Å². The smallest absolute Gasteiger partial charge is 0.261 e. The van der Waals surface area contributed by atoms with Crippen molar-refractivity contribution in [2.45, 2.75) is 38.6 Å². The summed E-state index contributed by atoms with van der Waals surface area (Å²) in [6.07, 6.45) is 9.67. The van der Waals surface area contributed by atoms with Gasteiger partial charge in [-0.3, -0.25) is 4.79 Å². The van der Waals surface area contributed by atoms with Crippen LogP contribution in [0, 0.1) is 0 Å². The van der Waals surface area contributed by atoms with Crippen molar-refractivity contribution in [1.82, 2.24) is 9.88 Å². The first kappa shape index (κ1) is 18.1. The van der Waals surface area contributed by atoms with Gasteiger partial charge in [0.1, 0.15) is 0 Å². The fraction of sp³-hybridized carbons (Fsp3) is 0.409. The molecule has 4 rings (SSSR count). The van der Waals surface area contributed by atoms with E-state index >= 15 is 0 Å². The predicted octanol–water partition coefficient (Wildman–Crippen LogP) is 5.07. The van der Waals surface area contributed by atoms with Gasteiger partial charge < -0.3 is 14.8 Å². The van der Waals surface area contributed by atoms with E-state index in [4.69, 9.17) is 0 Å². The van der Waals surface area contributed by atoms with Crippen molar-refractivity contribution in [3.63, 3.8) is 0 Å². The molecule has 2 aromatic heterocycles. The maximum Gasteiger partial charge on any atom is 0.261 e. The van der Waals surface area contributed by atoms with Gasteiger partial charge in [-0.05, 0) is 38.0 Å². The highest BCUT2D eigenvalue weighted by molar-refractivity contribution is 7.20. The topological polar surface area (TPSA) is 37.3 Å². The van der Waals surface area contributed by atoms with Crippen LogP contribution in [0.15, 0.2) is 48.8 Å². The lowest BCUT2D eigenvalue weighted by Crippen LogP contribution is -2.34. The van der Waals surface area contributed by atoms with Crippen LogP contribution < -0.4 is 10.2 Å². The molecule has 0 bridgehead atoms. The van der Waals surface area contributed by atoms with Gasteiger partial charge in [0.15, 0.2) is 0 Å². The van der Waals surface area contributed by atoms with Gasteiger partial charge in [0.2, 0.25) is 0 Å². The first-order valence-corrected chi connectivity index (χ1v) is 10.8. The van der Waals surface area contributed by atoms with E-state index in [9.17, 15) is 4.79 Å². The van der Waals surface area contributed by atoms with Crippen LogP contribution in [-0.4, -0.2) is 30.1 Å². The number of rotatable bonds is 7. The van der Waals surface area contributed by atoms with Crippen LogP contribution in [0.1, 0.15) is 48.3 Å². The summed E-state index contributed by atoms with van der Waals surface area (Å²) in [6.45, 7) is 4.52. The summed E-state index contributed by atoms with van der Waals surface area (Å²) in [5.74, 6) is 0.0349. The number of thiophene rings is 1. The number of likely N-dealkylation sites (N-methyl/N-ethyl adjacent to an activating group) is 1. The van der Waals surface area contributed by atoms with Crippen LogP contribution in [0.5, 0.6) is 0 Å². The number of carbonyl (C=O) groups is 1. The molecule has 1 fully saturated rings. The monoisotopic (exact) mass is 381 g/mol. The zero-order chi connectivity index (χ0) is 18.6. The molecule has 0 atom stereocenters. The minimum Gasteiger partial charge on any atom is -0.370 e. The maximum atomic E-state index is 12.5. The van der Waals surface area contributed by atoms with Crippen molar-refractivity contribution in [3.05, 3.63) is 53.7 Å². The van der Waals surface area contributed by atoms with Gasteiger partial charge in [0, 0.05) is 49.1 Å². The predicted molar refractivity (Wildman–Crippen MR) is 114 cm³/mol. The molecule has 4 nitrogen and oxygen atoms in total. The molecule has 1 amide bonds. The Balaban J connectivity index is 1.34. The SMILES string of the molecule is CCN(CCNC(=O)c1cc2cn(C3CCCC3)cc2s1)c1ccccc1. The Morgan fingerprint density at radius 2 is 2.00 bits per heavy atom. The summed E-state index contributed by atoms with van der Waals surface area (Å²) in [5, 5.41) is 4.27. The third kappa shape index (κ3) is 4.03. The average molecular weight is 382 g/mol. The molecule has 1 aliphatic carbocycles. The van der Waals surface area contributed by atoms with Crippen LogP contribution in [-0.2, 0) is 0 Å². The fourth-order valence-corrected chi connectivity index (χ4v) is 4.97. The van der Waals surface area contributed by atoms with Crippen molar-refractivity contribution < 1.29 is 4.79 Å². The largest absolute Gasteiger partial charge is 0.370 e. The molecule has 1 aromatic carbocycles. The van der Waals surface area contributed by atoms with E-state index < -0.39 is 0 Å². The molecule has 27 heavy (non-hydrogen) atoms. The standard InChI is InChI=1S/C22H27N3OS/c1-2-24(18-8-4-3-5-9-18)13-12-23-22(26)20-14-17-15-25(16-21(17)27-20)19-10-6-7-11-19/h3-5,8-9,14-16,19H,2,6-7,10-13H2,1H3,(H,23,26). The number of nitrogens with zero attached hydrogens (tertiary/aromatic N) is 2. The van der Waals surface area contributed by atoms with Crippen molar-refractivity contribution in [3.8, 4) is 0 Å². The Morgan fingerprint density at radius 1 is 1.22 bits per heavy atom. The highest BCUT2D eigenvalue weighted by Crippen LogP contribution is 2.34. The lowest BCUT2D eigenvalue weighted by Gasteiger charge is -2.23. The van der Waals surface area contributed by atoms with Crippen molar-refractivity contribution in [2.75, 3.05) is 24.5 Å². The minimum atomic E-state index is 0.0349. The molecule has 0 unspecified atom stereocenters. The summed E-state index contributed by atoms with van der Waals surface area (Å²) in [4.78, 5) is 15.6. The second-order valence-electron chi connectivity index (χ2n) is 7.25. The zero-order valence-electron chi connectivity index (χ0n) is 15.9. The van der Waals surface area contributed by atoms with Gasteiger partial charge in [-0.25, -0.2) is 0 Å². The summed E-state index contributed by atoms with van der Waals surface area (Å²) in [6, 6.07) is 13.0. The maximum absolute atomic E-state index is 12.5. The van der Waals surface area contributed by atoms with Crippen LogP contribution in [0.2, 0.25) is 0 Å². The van der Waals surface area contributed by atoms with Crippen LogP contribution in [0.25, 0.3) is 10.1 Å². The summed E-state index contributed by atoms with van der Waals surface area (Å²) in [7, 11) is 0. The van der Waals surface area contributed by atoms with Gasteiger partial charge in [-0.2, -0.15) is 0 Å². The number of hydrogen-bond donors (Lipinski definition) is 1. The van der Waals surface area contributed by atoms with Gasteiger partial charge in [-0.1, -0.05) is 31.0 Å². The second-order valence-corrected chi connectivity index (χ2v) is 8.33. The van der Waals surface area contributed by atoms with E-state index in [0.29, 0.717) is 12.6 Å². The van der Waals surface area contributed by atoms with Crippen molar-refractivity contribution in [2.24, 2.45) is 0 Å². The van der Waals surface area contributed by atoms with Crippen LogP contribution >= 0.6 is 11.3 Å². The molecular formula is C22H27N3OS. The molecule has 1 saturated carbocycles. The molecule has 0 radical (unpaired) electrons. The Bertz CT molecular complexity index is 861. The summed E-state index contributed by atoms with van der Waals surface area (Å²) < 4.78 is 3.57. The number of aromatic nitrogens is 1. The Kier molecular flexibility index (Phi) is 5.48. The molecule has 3 aromatic rings. The lowest BCUT2D eigenvalue weighted by molar-refractivity contribution is 0.0958. The van der Waals surface area contributed by atoms with E-state index in [1.807, 2.05) is 24.3 Å². The van der Waals surface area contributed by atoms with Gasteiger partial charge in [0.25, 0.3) is 5.91 Å². The fourth-order valence-electron chi connectivity index (χ4n) is 3.98. The highest BCUT2D eigenvalue weighted by Gasteiger charge is 2.18. The molecule has 0 spiro atoms. The summed E-state index contributed by atoms with van der Waals surface area (Å²) >= 11 is 1.60. The number of para-hydroxylation sites is 1. The first-order chi connectivity index (χ1) is 13.2. The molecule has 5 heteroatoms. The molecular weight excluding hydrogens is 354 g/mol. The zero-order valence-corrected chi connectivity index (χ0v) is 16.7. The molecule has 142 valence electrons. The van der Waals surface area contributed by atoms with Gasteiger partial charge in [0.05, 0.1) is 9.58 Å². The first-order valence-electron chi connectivity index (χ1n) is 9.94. The van der Waals surface area contributed by atoms with Crippen molar-refractivity contribution in [1.29, 1.82) is 0 Å². The summed E-state index contributed by atoms with van der Waals surface area (Å²) in [5.41, 5.74) is 1.19. The number of nitrogens with one attached hydrogen (secondary N) is 1. The Labute approximate surface area is 164 Å². The number of amides is 1. The average Bonchev–Trinajstić information content (AvgIpc) is 3.41. The minimum absolute atomic E-state index is 0.0349. The van der Waals surface area contributed by atoms with Gasteiger partial charge >= 0.3 is 0 Å².